The minimum atomic E-state index is -0.0999. The lowest BCUT2D eigenvalue weighted by molar-refractivity contribution is 0.0904. The maximum absolute atomic E-state index is 13.0. The molecule has 0 radical (unpaired) electrons. The molecule has 1 amide bonds. The first-order valence-electron chi connectivity index (χ1n) is 14.4. The van der Waals surface area contributed by atoms with Crippen molar-refractivity contribution < 1.29 is 9.53 Å². The highest BCUT2D eigenvalue weighted by Gasteiger charge is 2.23. The molecule has 1 aliphatic heterocycles. The molecule has 0 bridgehead atoms. The second kappa shape index (κ2) is 13.5. The van der Waals surface area contributed by atoms with E-state index in [4.69, 9.17) is 4.74 Å². The van der Waals surface area contributed by atoms with Gasteiger partial charge in [0.2, 0.25) is 0 Å². The third-order valence-electron chi connectivity index (χ3n) is 7.53. The lowest BCUT2D eigenvalue weighted by Crippen LogP contribution is -2.44. The number of likely N-dealkylation sites (tertiary alicyclic amines) is 1. The van der Waals surface area contributed by atoms with E-state index in [2.05, 4.69) is 85.4 Å². The third kappa shape index (κ3) is 7.15. The Morgan fingerprint density at radius 1 is 1.02 bits per heavy atom. The number of amides is 1. The molecule has 220 valence electrons. The number of rotatable bonds is 10. The van der Waals surface area contributed by atoms with Crippen molar-refractivity contribution in [2.75, 3.05) is 20.2 Å². The van der Waals surface area contributed by atoms with Crippen molar-refractivity contribution in [3.63, 3.8) is 0 Å². The fourth-order valence-corrected chi connectivity index (χ4v) is 6.93. The number of aromatic nitrogens is 4. The number of nitrogens with zero attached hydrogens (tertiary/aromatic N) is 5. The number of nitrogens with one attached hydrogen (secondary N) is 1. The summed E-state index contributed by atoms with van der Waals surface area (Å²) in [6.07, 6.45) is 1.88. The van der Waals surface area contributed by atoms with Crippen LogP contribution in [-0.4, -0.2) is 56.8 Å². The molecule has 1 aliphatic rings. The van der Waals surface area contributed by atoms with E-state index in [1.54, 1.807) is 18.9 Å². The van der Waals surface area contributed by atoms with Gasteiger partial charge in [-0.1, -0.05) is 71.9 Å². The van der Waals surface area contributed by atoms with Crippen molar-refractivity contribution in [3.05, 3.63) is 106 Å². The van der Waals surface area contributed by atoms with Crippen LogP contribution in [0.3, 0.4) is 0 Å². The summed E-state index contributed by atoms with van der Waals surface area (Å²) in [7, 11) is 1.66. The van der Waals surface area contributed by atoms with E-state index in [-0.39, 0.29) is 11.9 Å². The van der Waals surface area contributed by atoms with Crippen LogP contribution in [-0.2, 0) is 12.3 Å². The minimum Gasteiger partial charge on any atom is -0.497 e. The van der Waals surface area contributed by atoms with E-state index in [9.17, 15) is 4.79 Å². The van der Waals surface area contributed by atoms with Gasteiger partial charge in [0.25, 0.3) is 5.91 Å². The average Bonchev–Trinajstić information content (AvgIpc) is 3.70. The first-order valence-corrected chi connectivity index (χ1v) is 16.2. The number of carbonyl (C=O) groups is 1. The van der Waals surface area contributed by atoms with Crippen LogP contribution in [0, 0.1) is 6.92 Å². The highest BCUT2D eigenvalue weighted by atomic mass is 32.2. The molecule has 43 heavy (non-hydrogen) atoms. The van der Waals surface area contributed by atoms with E-state index in [0.29, 0.717) is 11.4 Å². The van der Waals surface area contributed by atoms with E-state index >= 15 is 0 Å². The molecule has 1 fully saturated rings. The van der Waals surface area contributed by atoms with E-state index < -0.39 is 0 Å². The van der Waals surface area contributed by atoms with Crippen LogP contribution < -0.4 is 10.1 Å². The van der Waals surface area contributed by atoms with Gasteiger partial charge in [0.1, 0.15) is 16.5 Å². The third-order valence-corrected chi connectivity index (χ3v) is 9.51. The largest absolute Gasteiger partial charge is 0.497 e. The molecular formula is C33H34N6O2S2. The van der Waals surface area contributed by atoms with Gasteiger partial charge in [-0.2, -0.15) is 0 Å². The van der Waals surface area contributed by atoms with Gasteiger partial charge < -0.3 is 10.1 Å². The first-order chi connectivity index (χ1) is 21.1. The Bertz CT molecular complexity index is 1660. The number of thiazole rings is 1. The molecule has 3 aromatic carbocycles. The van der Waals surface area contributed by atoms with Crippen molar-refractivity contribution >= 4 is 29.0 Å². The summed E-state index contributed by atoms with van der Waals surface area (Å²) in [5.74, 6) is 1.98. The molecule has 0 spiro atoms. The Morgan fingerprint density at radius 2 is 1.81 bits per heavy atom. The maximum atomic E-state index is 13.0. The molecule has 1 N–H and O–H groups in total. The van der Waals surface area contributed by atoms with Crippen LogP contribution in [0.1, 0.15) is 39.5 Å². The zero-order valence-corrected chi connectivity index (χ0v) is 25.9. The molecule has 10 heteroatoms. The zero-order chi connectivity index (χ0) is 29.6. The van der Waals surface area contributed by atoms with Gasteiger partial charge in [-0.3, -0.25) is 14.3 Å². The molecule has 6 rings (SSSR count). The van der Waals surface area contributed by atoms with Gasteiger partial charge in [0.05, 0.1) is 12.9 Å². The monoisotopic (exact) mass is 610 g/mol. The minimum absolute atomic E-state index is 0.0999. The molecule has 3 heterocycles. The number of aryl methyl sites for hydroxylation is 1. The van der Waals surface area contributed by atoms with E-state index in [1.807, 2.05) is 35.7 Å². The van der Waals surface area contributed by atoms with Gasteiger partial charge in [0.15, 0.2) is 11.0 Å². The summed E-state index contributed by atoms with van der Waals surface area (Å²) in [5, 5.41) is 15.8. The van der Waals surface area contributed by atoms with Crippen molar-refractivity contribution in [2.45, 2.75) is 43.3 Å². The van der Waals surface area contributed by atoms with Crippen molar-refractivity contribution in [3.8, 4) is 22.8 Å². The molecule has 0 saturated carbocycles. The molecule has 2 aromatic heterocycles. The number of benzene rings is 3. The van der Waals surface area contributed by atoms with E-state index in [1.165, 1.54) is 22.5 Å². The van der Waals surface area contributed by atoms with Crippen molar-refractivity contribution in [1.29, 1.82) is 0 Å². The second-order valence-electron chi connectivity index (χ2n) is 10.6. The summed E-state index contributed by atoms with van der Waals surface area (Å²) >= 11 is 3.05. The molecule has 0 unspecified atom stereocenters. The Labute approximate surface area is 260 Å². The van der Waals surface area contributed by atoms with Crippen molar-refractivity contribution in [2.24, 2.45) is 0 Å². The van der Waals surface area contributed by atoms with E-state index in [0.717, 1.165) is 65.5 Å². The number of methoxy groups -OCH3 is 1. The van der Waals surface area contributed by atoms with Crippen LogP contribution >= 0.6 is 23.1 Å². The Kier molecular flexibility index (Phi) is 9.16. The number of hydrogen-bond acceptors (Lipinski definition) is 8. The summed E-state index contributed by atoms with van der Waals surface area (Å²) in [6, 6.07) is 26.8. The topological polar surface area (TPSA) is 85.2 Å². The summed E-state index contributed by atoms with van der Waals surface area (Å²) in [6.45, 7) is 4.96. The average molecular weight is 611 g/mol. The van der Waals surface area contributed by atoms with Crippen LogP contribution in [0.15, 0.2) is 89.4 Å². The number of ether oxygens (including phenoxy) is 1. The fourth-order valence-electron chi connectivity index (χ4n) is 5.18. The fraction of sp³-hybridized carbons (Fsp3) is 0.273. The maximum Gasteiger partial charge on any atom is 0.270 e. The summed E-state index contributed by atoms with van der Waals surface area (Å²) in [4.78, 5) is 20.1. The lowest BCUT2D eigenvalue weighted by atomic mass is 10.0. The zero-order valence-electron chi connectivity index (χ0n) is 24.3. The van der Waals surface area contributed by atoms with Crippen molar-refractivity contribution in [1.82, 2.24) is 30.0 Å². The number of piperidine rings is 1. The lowest BCUT2D eigenvalue weighted by Gasteiger charge is -2.32. The molecular weight excluding hydrogens is 577 g/mol. The highest BCUT2D eigenvalue weighted by Crippen LogP contribution is 2.32. The highest BCUT2D eigenvalue weighted by molar-refractivity contribution is 7.98. The quantitative estimate of drug-likeness (QED) is 0.183. The Balaban J connectivity index is 1.09. The standard InChI is InChI=1S/C33H34N6O2S2/c1-23-11-13-27(14-12-23)39-31(25-9-6-10-28(19-25)41-2)36-37-33(39)43-22-30-35-29(21-42-30)32(40)34-26-15-17-38(18-16-26)20-24-7-4-3-5-8-24/h3-14,19,21,26H,15-18,20,22H2,1-2H3,(H,34,40). The predicted molar refractivity (Wildman–Crippen MR) is 172 cm³/mol. The summed E-state index contributed by atoms with van der Waals surface area (Å²) < 4.78 is 7.50. The molecule has 0 atom stereocenters. The van der Waals surface area contributed by atoms with Crippen LogP contribution in [0.25, 0.3) is 17.1 Å². The number of hydrogen-bond donors (Lipinski definition) is 1. The number of carbonyl (C=O) groups excluding carboxylic acids is 1. The van der Waals surface area contributed by atoms with Gasteiger partial charge in [-0.15, -0.1) is 21.5 Å². The normalized spacial score (nSPS) is 14.1. The Hall–Kier alpha value is -3.99. The van der Waals surface area contributed by atoms with Gasteiger partial charge in [0, 0.05) is 42.3 Å². The predicted octanol–water partition coefficient (Wildman–Crippen LogP) is 6.39. The van der Waals surface area contributed by atoms with Gasteiger partial charge in [-0.25, -0.2) is 4.98 Å². The number of thioether (sulfide) groups is 1. The second-order valence-corrected chi connectivity index (χ2v) is 12.5. The van der Waals surface area contributed by atoms with Gasteiger partial charge in [-0.05, 0) is 49.6 Å². The first kappa shape index (κ1) is 29.1. The summed E-state index contributed by atoms with van der Waals surface area (Å²) in [5.41, 5.74) is 4.87. The van der Waals surface area contributed by atoms with Crippen LogP contribution in [0.2, 0.25) is 0 Å². The molecule has 8 nitrogen and oxygen atoms in total. The molecule has 5 aromatic rings. The molecule has 1 saturated heterocycles. The smallest absolute Gasteiger partial charge is 0.270 e. The SMILES string of the molecule is COc1cccc(-c2nnc(SCc3nc(C(=O)NC4CCN(Cc5ccccc5)CC4)cs3)n2-c2ccc(C)cc2)c1. The van der Waals surface area contributed by atoms with Gasteiger partial charge >= 0.3 is 0 Å². The Morgan fingerprint density at radius 3 is 2.58 bits per heavy atom. The van der Waals surface area contributed by atoms with Crippen LogP contribution in [0.4, 0.5) is 0 Å². The molecule has 0 aliphatic carbocycles. The van der Waals surface area contributed by atoms with Crippen LogP contribution in [0.5, 0.6) is 5.75 Å².